The number of halogens is 2. The highest BCUT2D eigenvalue weighted by Gasteiger charge is 2.20. The maximum absolute atomic E-state index is 15.3. The number of hydrogen-bond acceptors (Lipinski definition) is 6. The fourth-order valence-corrected chi connectivity index (χ4v) is 4.76. The average molecular weight is 568 g/mol. The number of hydrogen-bond donors (Lipinski definition) is 0. The van der Waals surface area contributed by atoms with Crippen LogP contribution in [0.5, 0.6) is 11.5 Å². The highest BCUT2D eigenvalue weighted by molar-refractivity contribution is 6.11. The van der Waals surface area contributed by atoms with Crippen LogP contribution in [-0.4, -0.2) is 37.3 Å². The molecule has 0 atom stereocenters. The minimum Gasteiger partial charge on any atom is -0.452 e. The Morgan fingerprint density at radius 2 is 1.81 bits per heavy atom. The van der Waals surface area contributed by atoms with Gasteiger partial charge >= 0.3 is 5.69 Å². The zero-order valence-electron chi connectivity index (χ0n) is 22.3. The van der Waals surface area contributed by atoms with Gasteiger partial charge in [-0.1, -0.05) is 12.1 Å². The number of aryl methyl sites for hydroxylation is 1. The summed E-state index contributed by atoms with van der Waals surface area (Å²) in [4.78, 5) is 43.6. The SMILES string of the molecule is CCn1cc(C(=O)Cc2ccc(Oc3cc(C4=CCN=C4)cn4nccc34)c(F)c2)c(=O)n(-c2ccc(F)cc2)c1=O. The molecule has 0 amide bonds. The second-order valence-electron chi connectivity index (χ2n) is 9.60. The Kier molecular flexibility index (Phi) is 6.91. The van der Waals surface area contributed by atoms with Crippen molar-refractivity contribution in [2.24, 2.45) is 4.99 Å². The van der Waals surface area contributed by atoms with Crippen molar-refractivity contribution in [3.05, 3.63) is 128 Å². The fraction of sp³-hybridized carbons (Fsp3) is 0.129. The number of pyridine rings is 1. The predicted molar refractivity (Wildman–Crippen MR) is 153 cm³/mol. The van der Waals surface area contributed by atoms with Gasteiger partial charge in [0.05, 0.1) is 18.4 Å². The third kappa shape index (κ3) is 4.96. The van der Waals surface area contributed by atoms with Gasteiger partial charge in [0.2, 0.25) is 0 Å². The molecule has 0 spiro atoms. The Bertz CT molecular complexity index is 2040. The van der Waals surface area contributed by atoms with Crippen LogP contribution in [0.25, 0.3) is 16.8 Å². The van der Waals surface area contributed by atoms with Crippen molar-refractivity contribution < 1.29 is 18.3 Å². The summed E-state index contributed by atoms with van der Waals surface area (Å²) in [5, 5.41) is 4.27. The molecular weight excluding hydrogens is 544 g/mol. The number of rotatable bonds is 8. The summed E-state index contributed by atoms with van der Waals surface area (Å²) in [6, 6.07) is 12.5. The van der Waals surface area contributed by atoms with Gasteiger partial charge in [0.25, 0.3) is 5.56 Å². The summed E-state index contributed by atoms with van der Waals surface area (Å²) in [5.74, 6) is -1.51. The maximum Gasteiger partial charge on any atom is 0.335 e. The molecule has 0 unspecified atom stereocenters. The van der Waals surface area contributed by atoms with Crippen LogP contribution in [0.3, 0.4) is 0 Å². The molecule has 0 saturated carbocycles. The highest BCUT2D eigenvalue weighted by atomic mass is 19.1. The third-order valence-corrected chi connectivity index (χ3v) is 6.91. The normalized spacial score (nSPS) is 12.6. The number of nitrogens with zero attached hydrogens (tertiary/aromatic N) is 5. The van der Waals surface area contributed by atoms with Crippen LogP contribution in [0.2, 0.25) is 0 Å². The van der Waals surface area contributed by atoms with Gasteiger partial charge in [0, 0.05) is 37.1 Å². The highest BCUT2D eigenvalue weighted by Crippen LogP contribution is 2.31. The van der Waals surface area contributed by atoms with Crippen molar-refractivity contribution in [3.8, 4) is 17.2 Å². The van der Waals surface area contributed by atoms with Crippen LogP contribution < -0.4 is 16.0 Å². The first-order chi connectivity index (χ1) is 20.3. The average Bonchev–Trinajstić information content (AvgIpc) is 3.68. The van der Waals surface area contributed by atoms with Gasteiger partial charge in [-0.15, -0.1) is 0 Å². The lowest BCUT2D eigenvalue weighted by Gasteiger charge is -2.13. The van der Waals surface area contributed by atoms with Crippen LogP contribution >= 0.6 is 0 Å². The summed E-state index contributed by atoms with van der Waals surface area (Å²) in [7, 11) is 0. The smallest absolute Gasteiger partial charge is 0.335 e. The van der Waals surface area contributed by atoms with Gasteiger partial charge in [-0.25, -0.2) is 22.7 Å². The molecule has 0 N–H and O–H groups in total. The van der Waals surface area contributed by atoms with E-state index in [1.54, 1.807) is 36.0 Å². The second kappa shape index (κ2) is 10.8. The molecule has 0 bridgehead atoms. The van der Waals surface area contributed by atoms with Crippen molar-refractivity contribution in [1.82, 2.24) is 18.7 Å². The fourth-order valence-electron chi connectivity index (χ4n) is 4.76. The molecule has 0 fully saturated rings. The summed E-state index contributed by atoms with van der Waals surface area (Å²) in [6.45, 7) is 2.46. The van der Waals surface area contributed by atoms with E-state index in [1.807, 2.05) is 12.3 Å². The van der Waals surface area contributed by atoms with Gasteiger partial charge in [0.15, 0.2) is 23.1 Å². The zero-order chi connectivity index (χ0) is 29.4. The lowest BCUT2D eigenvalue weighted by molar-refractivity contribution is 0.0990. The number of ketones is 1. The van der Waals surface area contributed by atoms with E-state index in [9.17, 15) is 18.8 Å². The molecule has 0 aliphatic carbocycles. The molecule has 42 heavy (non-hydrogen) atoms. The summed E-state index contributed by atoms with van der Waals surface area (Å²) >= 11 is 0. The molecule has 6 rings (SSSR count). The van der Waals surface area contributed by atoms with Crippen LogP contribution in [-0.2, 0) is 13.0 Å². The first-order valence-corrected chi connectivity index (χ1v) is 13.1. The Labute approximate surface area is 237 Å². The standard InChI is InChI=1S/C31H23F2N5O4/c1-2-36-18-24(30(40)38(31(36)41)23-6-4-22(32)5-7-23)27(39)14-19-3-8-28(25(33)13-19)42-29-15-21(20-9-11-34-16-20)17-37-26(29)10-12-35-37/h3-10,12-13,15-18H,2,11,14H2,1H3. The van der Waals surface area contributed by atoms with Crippen molar-refractivity contribution in [1.29, 1.82) is 0 Å². The van der Waals surface area contributed by atoms with Gasteiger partial charge < -0.3 is 4.74 Å². The molecule has 4 heterocycles. The lowest BCUT2D eigenvalue weighted by Crippen LogP contribution is -2.41. The van der Waals surface area contributed by atoms with E-state index >= 15 is 4.39 Å². The number of aromatic nitrogens is 4. The lowest BCUT2D eigenvalue weighted by atomic mass is 10.0. The molecule has 210 valence electrons. The summed E-state index contributed by atoms with van der Waals surface area (Å²) in [6.07, 6.45) is 8.06. The van der Waals surface area contributed by atoms with Gasteiger partial charge in [-0.2, -0.15) is 5.10 Å². The van der Waals surface area contributed by atoms with E-state index in [4.69, 9.17) is 4.74 Å². The molecule has 1 aliphatic rings. The Morgan fingerprint density at radius 1 is 1.00 bits per heavy atom. The number of carbonyl (C=O) groups excluding carboxylic acids is 1. The van der Waals surface area contributed by atoms with Gasteiger partial charge in [-0.05, 0) is 66.6 Å². The van der Waals surface area contributed by atoms with Crippen LogP contribution in [0, 0.1) is 11.6 Å². The molecule has 0 radical (unpaired) electrons. The monoisotopic (exact) mass is 567 g/mol. The number of Topliss-reactive ketones (excluding diaryl/α,β-unsaturated/α-hetero) is 1. The summed E-state index contributed by atoms with van der Waals surface area (Å²) < 4.78 is 38.3. The quantitative estimate of drug-likeness (QED) is 0.255. The predicted octanol–water partition coefficient (Wildman–Crippen LogP) is 4.63. The molecule has 0 saturated heterocycles. The molecule has 9 nitrogen and oxygen atoms in total. The topological polar surface area (TPSA) is 100.0 Å². The largest absolute Gasteiger partial charge is 0.452 e. The van der Waals surface area contributed by atoms with Gasteiger partial charge in [0.1, 0.15) is 16.9 Å². The number of ether oxygens (including phenoxy) is 1. The van der Waals surface area contributed by atoms with Crippen molar-refractivity contribution >= 4 is 23.1 Å². The van der Waals surface area contributed by atoms with E-state index in [-0.39, 0.29) is 30.0 Å². The number of aliphatic imine (C=N–C) groups is 1. The Hall–Kier alpha value is -5.45. The van der Waals surface area contributed by atoms with Crippen molar-refractivity contribution in [2.75, 3.05) is 6.54 Å². The van der Waals surface area contributed by atoms with Crippen LogP contribution in [0.4, 0.5) is 8.78 Å². The molecule has 3 aromatic heterocycles. The minimum absolute atomic E-state index is 0.0567. The first-order valence-electron chi connectivity index (χ1n) is 13.1. The number of carbonyl (C=O) groups is 1. The van der Waals surface area contributed by atoms with E-state index in [1.165, 1.54) is 41.1 Å². The molecule has 5 aromatic rings. The van der Waals surface area contributed by atoms with E-state index in [0.717, 1.165) is 27.8 Å². The van der Waals surface area contributed by atoms with Crippen LogP contribution in [0.1, 0.15) is 28.4 Å². The van der Waals surface area contributed by atoms with E-state index < -0.39 is 28.7 Å². The van der Waals surface area contributed by atoms with Crippen molar-refractivity contribution in [2.45, 2.75) is 19.9 Å². The van der Waals surface area contributed by atoms with E-state index in [0.29, 0.717) is 23.4 Å². The molecule has 2 aromatic carbocycles. The first kappa shape index (κ1) is 26.8. The number of benzene rings is 2. The second-order valence-corrected chi connectivity index (χ2v) is 9.60. The zero-order valence-corrected chi connectivity index (χ0v) is 22.3. The van der Waals surface area contributed by atoms with Crippen LogP contribution in [0.15, 0.2) is 93.8 Å². The number of allylic oxidation sites excluding steroid dienone is 1. The summed E-state index contributed by atoms with van der Waals surface area (Å²) in [5.41, 5.74) is 1.04. The molecular formula is C31H23F2N5O4. The molecule has 1 aliphatic heterocycles. The maximum atomic E-state index is 15.3. The van der Waals surface area contributed by atoms with Gasteiger partial charge in [-0.3, -0.25) is 19.1 Å². The third-order valence-electron chi connectivity index (χ3n) is 6.91. The molecule has 11 heteroatoms. The minimum atomic E-state index is -0.839. The van der Waals surface area contributed by atoms with E-state index in [2.05, 4.69) is 10.1 Å². The Morgan fingerprint density at radius 3 is 2.52 bits per heavy atom. The van der Waals surface area contributed by atoms with Crippen molar-refractivity contribution in [3.63, 3.8) is 0 Å². The number of fused-ring (bicyclic) bond motifs is 1. The Balaban J connectivity index is 1.29.